The van der Waals surface area contributed by atoms with Crippen molar-refractivity contribution in [2.75, 3.05) is 37.2 Å². The average Bonchev–Trinajstić information content (AvgIpc) is 3.35. The molecule has 0 spiro atoms. The van der Waals surface area contributed by atoms with E-state index in [2.05, 4.69) is 19.0 Å². The molecule has 192 valence electrons. The predicted molar refractivity (Wildman–Crippen MR) is 132 cm³/mol. The highest BCUT2D eigenvalue weighted by atomic mass is 32.2. The molecule has 0 bridgehead atoms. The second-order valence-electron chi connectivity index (χ2n) is 8.63. The average molecular weight is 554 g/mol. The summed E-state index contributed by atoms with van der Waals surface area (Å²) in [6, 6.07) is 10.4. The third kappa shape index (κ3) is 5.09. The van der Waals surface area contributed by atoms with E-state index in [0.717, 1.165) is 22.7 Å². The third-order valence-corrected chi connectivity index (χ3v) is 9.71. The molecule has 1 fully saturated rings. The van der Waals surface area contributed by atoms with Gasteiger partial charge in [0.25, 0.3) is 10.0 Å². The van der Waals surface area contributed by atoms with Gasteiger partial charge >= 0.3 is 0 Å². The Bertz CT molecular complexity index is 1450. The lowest BCUT2D eigenvalue weighted by molar-refractivity contribution is 0.0508. The molecule has 2 atom stereocenters. The lowest BCUT2D eigenvalue weighted by atomic mass is 9.94. The van der Waals surface area contributed by atoms with Gasteiger partial charge in [-0.05, 0) is 23.8 Å². The van der Waals surface area contributed by atoms with Crippen molar-refractivity contribution in [3.8, 4) is 5.75 Å². The van der Waals surface area contributed by atoms with Crippen molar-refractivity contribution in [2.24, 2.45) is 0 Å². The number of fused-ring (bicyclic) bond motifs is 1. The second kappa shape index (κ2) is 9.67. The van der Waals surface area contributed by atoms with Crippen LogP contribution in [0.25, 0.3) is 0 Å². The molecule has 0 radical (unpaired) electrons. The maximum absolute atomic E-state index is 13.6. The third-order valence-electron chi connectivity index (χ3n) is 6.39. The van der Waals surface area contributed by atoms with E-state index in [1.54, 1.807) is 18.2 Å². The molecule has 10 nitrogen and oxygen atoms in total. The Morgan fingerprint density at radius 1 is 1.08 bits per heavy atom. The van der Waals surface area contributed by atoms with Gasteiger partial charge in [-0.15, -0.1) is 0 Å². The highest BCUT2D eigenvalue weighted by Gasteiger charge is 2.38. The summed E-state index contributed by atoms with van der Waals surface area (Å²) in [6.45, 7) is 1.38. The zero-order chi connectivity index (χ0) is 25.5. The fourth-order valence-electron chi connectivity index (χ4n) is 4.68. The van der Waals surface area contributed by atoms with Gasteiger partial charge < -0.3 is 4.74 Å². The topological polar surface area (TPSA) is 122 Å². The fourth-order valence-corrected chi connectivity index (χ4v) is 7.18. The first-order chi connectivity index (χ1) is 17.1. The molecule has 2 aromatic carbocycles. The van der Waals surface area contributed by atoms with Crippen LogP contribution in [-0.2, 0) is 20.0 Å². The van der Waals surface area contributed by atoms with Crippen molar-refractivity contribution < 1.29 is 26.0 Å². The normalized spacial score (nSPS) is 21.5. The molecule has 0 saturated carbocycles. The van der Waals surface area contributed by atoms with E-state index in [4.69, 9.17) is 4.74 Å². The maximum atomic E-state index is 13.6. The van der Waals surface area contributed by atoms with Crippen molar-refractivity contribution in [1.29, 1.82) is 0 Å². The number of aromatic nitrogens is 2. The largest absolute Gasteiger partial charge is 0.493 e. The van der Waals surface area contributed by atoms with Gasteiger partial charge in [-0.1, -0.05) is 18.2 Å². The predicted octanol–water partition coefficient (Wildman–Crippen LogP) is 2.62. The molecule has 2 aliphatic rings. The van der Waals surface area contributed by atoms with Gasteiger partial charge in [0, 0.05) is 61.3 Å². The Hall–Kier alpha value is -2.65. The molecular weight excluding hydrogens is 529 g/mol. The van der Waals surface area contributed by atoms with Crippen molar-refractivity contribution in [2.45, 2.75) is 23.4 Å². The van der Waals surface area contributed by atoms with Crippen LogP contribution in [0.4, 0.5) is 9.52 Å². The number of rotatable bonds is 6. The van der Waals surface area contributed by atoms with E-state index in [1.165, 1.54) is 41.2 Å². The van der Waals surface area contributed by atoms with Gasteiger partial charge in [0.05, 0.1) is 17.8 Å². The van der Waals surface area contributed by atoms with Crippen LogP contribution in [0.3, 0.4) is 0 Å². The minimum absolute atomic E-state index is 0.0362. The molecule has 0 aliphatic carbocycles. The minimum Gasteiger partial charge on any atom is -0.493 e. The summed E-state index contributed by atoms with van der Waals surface area (Å²) in [7, 11) is -7.29. The van der Waals surface area contributed by atoms with Crippen LogP contribution in [-0.4, -0.2) is 67.9 Å². The van der Waals surface area contributed by atoms with E-state index in [-0.39, 0.29) is 34.5 Å². The Labute approximate surface area is 213 Å². The van der Waals surface area contributed by atoms with Gasteiger partial charge in [0.1, 0.15) is 17.9 Å². The van der Waals surface area contributed by atoms with E-state index in [0.29, 0.717) is 31.9 Å². The van der Waals surface area contributed by atoms with Crippen molar-refractivity contribution in [3.05, 3.63) is 65.7 Å². The molecular formula is C22H24FN5O5S3. The molecule has 5 rings (SSSR count). The van der Waals surface area contributed by atoms with Gasteiger partial charge in [0.15, 0.2) is 0 Å². The van der Waals surface area contributed by atoms with E-state index in [9.17, 15) is 21.2 Å². The molecule has 3 heterocycles. The lowest BCUT2D eigenvalue weighted by Crippen LogP contribution is -2.51. The first kappa shape index (κ1) is 25.0. The Kier molecular flexibility index (Phi) is 6.72. The van der Waals surface area contributed by atoms with Gasteiger partial charge in [-0.3, -0.25) is 9.62 Å². The van der Waals surface area contributed by atoms with Gasteiger partial charge in [0.2, 0.25) is 15.2 Å². The van der Waals surface area contributed by atoms with Crippen molar-refractivity contribution in [1.82, 2.24) is 18.6 Å². The number of hydrogen-bond donors (Lipinski definition) is 1. The molecule has 36 heavy (non-hydrogen) atoms. The quantitative estimate of drug-likeness (QED) is 0.495. The van der Waals surface area contributed by atoms with Crippen LogP contribution < -0.4 is 9.46 Å². The monoisotopic (exact) mass is 553 g/mol. The Morgan fingerprint density at radius 2 is 1.86 bits per heavy atom. The summed E-state index contributed by atoms with van der Waals surface area (Å²) in [5, 5.41) is 0.164. The second-order valence-corrected chi connectivity index (χ2v) is 13.1. The smallest absolute Gasteiger partial charge is 0.263 e. The SMILES string of the molecule is CS(=O)(=O)N1CCN([C@H]2CCOc3cc(S(=O)(=O)Nc4ncns4)ccc32)[C@H](c2ccc(F)cc2)C1. The molecule has 0 unspecified atom stereocenters. The summed E-state index contributed by atoms with van der Waals surface area (Å²) >= 11 is 0.934. The summed E-state index contributed by atoms with van der Waals surface area (Å²) in [6.07, 6.45) is 3.09. The summed E-state index contributed by atoms with van der Waals surface area (Å²) < 4.78 is 77.4. The molecule has 3 aromatic rings. The number of benzene rings is 2. The minimum atomic E-state index is -3.89. The van der Waals surface area contributed by atoms with E-state index < -0.39 is 20.0 Å². The van der Waals surface area contributed by atoms with Gasteiger partial charge in [-0.25, -0.2) is 26.2 Å². The summed E-state index contributed by atoms with van der Waals surface area (Å²) in [4.78, 5) is 6.10. The van der Waals surface area contributed by atoms with Crippen LogP contribution in [0.2, 0.25) is 0 Å². The molecule has 1 saturated heterocycles. The van der Waals surface area contributed by atoms with Crippen molar-refractivity contribution >= 4 is 36.7 Å². The lowest BCUT2D eigenvalue weighted by Gasteiger charge is -2.46. The highest BCUT2D eigenvalue weighted by Crippen LogP contribution is 2.42. The first-order valence-electron chi connectivity index (χ1n) is 11.1. The maximum Gasteiger partial charge on any atom is 0.263 e. The number of anilines is 1. The first-order valence-corrected chi connectivity index (χ1v) is 15.2. The highest BCUT2D eigenvalue weighted by molar-refractivity contribution is 7.93. The molecule has 1 N–H and O–H groups in total. The number of sulfonamides is 2. The Morgan fingerprint density at radius 3 is 2.56 bits per heavy atom. The molecule has 0 amide bonds. The van der Waals surface area contributed by atoms with Crippen LogP contribution >= 0.6 is 11.5 Å². The number of ether oxygens (including phenoxy) is 1. The van der Waals surface area contributed by atoms with Crippen LogP contribution in [0, 0.1) is 5.82 Å². The van der Waals surface area contributed by atoms with Crippen LogP contribution in [0.1, 0.15) is 29.6 Å². The summed E-state index contributed by atoms with van der Waals surface area (Å²) in [5.74, 6) is 0.0863. The van der Waals surface area contributed by atoms with Gasteiger partial charge in [-0.2, -0.15) is 8.68 Å². The fraction of sp³-hybridized carbons (Fsp3) is 0.364. The van der Waals surface area contributed by atoms with Crippen LogP contribution in [0.15, 0.2) is 53.7 Å². The number of piperazine rings is 1. The Balaban J connectivity index is 1.47. The van der Waals surface area contributed by atoms with Crippen molar-refractivity contribution in [3.63, 3.8) is 0 Å². The van der Waals surface area contributed by atoms with Crippen LogP contribution in [0.5, 0.6) is 5.75 Å². The molecule has 1 aromatic heterocycles. The van der Waals surface area contributed by atoms with E-state index in [1.807, 2.05) is 0 Å². The van der Waals surface area contributed by atoms with E-state index >= 15 is 0 Å². The number of hydrogen-bond acceptors (Lipinski definition) is 9. The molecule has 2 aliphatic heterocycles. The number of nitrogens with zero attached hydrogens (tertiary/aromatic N) is 4. The number of nitrogens with one attached hydrogen (secondary N) is 1. The standard InChI is InChI=1S/C22H24FN5O5S3/c1-35(29,30)27-9-10-28(20(13-27)15-2-4-16(23)5-3-15)19-8-11-33-21-12-17(6-7-18(19)21)36(31,32)26-22-24-14-25-34-22/h2-7,12,14,19-20H,8-11,13H2,1H3,(H,24,25,26)/t19-,20-/m0/s1. The molecule has 14 heteroatoms. The summed E-state index contributed by atoms with van der Waals surface area (Å²) in [5.41, 5.74) is 1.62. The zero-order valence-corrected chi connectivity index (χ0v) is 21.7. The number of halogens is 1. The zero-order valence-electron chi connectivity index (χ0n) is 19.2.